The van der Waals surface area contributed by atoms with Gasteiger partial charge in [0.1, 0.15) is 0 Å². The minimum atomic E-state index is 0. The van der Waals surface area contributed by atoms with Gasteiger partial charge >= 0.3 is 0 Å². The Morgan fingerprint density at radius 2 is 1.67 bits per heavy atom. The number of hydrogen-bond donors (Lipinski definition) is 2. The molecule has 1 atom stereocenters. The van der Waals surface area contributed by atoms with Crippen molar-refractivity contribution in [3.63, 3.8) is 0 Å². The molecule has 7 nitrogen and oxygen atoms in total. The number of halogens is 1. The lowest BCUT2D eigenvalue weighted by Gasteiger charge is -2.25. The normalized spacial score (nSPS) is 12.0. The van der Waals surface area contributed by atoms with Crippen LogP contribution in [0.1, 0.15) is 31.4 Å². The first-order valence-corrected chi connectivity index (χ1v) is 11.1. The van der Waals surface area contributed by atoms with E-state index in [4.69, 9.17) is 19.2 Å². The molecule has 2 rings (SSSR count). The number of ether oxygens (including phenoxy) is 3. The lowest BCUT2D eigenvalue weighted by molar-refractivity contribution is 0.238. The van der Waals surface area contributed by atoms with Gasteiger partial charge in [-0.05, 0) is 45.0 Å². The molecule has 33 heavy (non-hydrogen) atoms. The van der Waals surface area contributed by atoms with E-state index in [1.54, 1.807) is 21.3 Å². The van der Waals surface area contributed by atoms with Crippen LogP contribution < -0.4 is 24.8 Å². The summed E-state index contributed by atoms with van der Waals surface area (Å²) >= 11 is 0. The zero-order valence-electron chi connectivity index (χ0n) is 20.7. The fraction of sp³-hybridized carbons (Fsp3) is 0.480. The first-order chi connectivity index (χ1) is 15.5. The van der Waals surface area contributed by atoms with Crippen LogP contribution in [0, 0.1) is 0 Å². The molecule has 0 radical (unpaired) electrons. The molecule has 1 unspecified atom stereocenters. The van der Waals surface area contributed by atoms with E-state index in [0.717, 1.165) is 37.6 Å². The number of guanidine groups is 1. The van der Waals surface area contributed by atoms with Crippen LogP contribution in [0.25, 0.3) is 0 Å². The molecule has 0 aliphatic heterocycles. The summed E-state index contributed by atoms with van der Waals surface area (Å²) in [4.78, 5) is 7.11. The van der Waals surface area contributed by atoms with Crippen molar-refractivity contribution in [2.24, 2.45) is 4.99 Å². The van der Waals surface area contributed by atoms with E-state index < -0.39 is 0 Å². The third-order valence-corrected chi connectivity index (χ3v) is 5.42. The predicted molar refractivity (Wildman–Crippen MR) is 146 cm³/mol. The first-order valence-electron chi connectivity index (χ1n) is 11.1. The van der Waals surface area contributed by atoms with Crippen LogP contribution in [0.2, 0.25) is 0 Å². The van der Waals surface area contributed by atoms with Crippen LogP contribution in [0.3, 0.4) is 0 Å². The average molecular weight is 571 g/mol. The molecule has 2 aromatic rings. The number of nitrogens with zero attached hydrogens (tertiary/aromatic N) is 2. The van der Waals surface area contributed by atoms with Gasteiger partial charge in [-0.25, -0.2) is 4.99 Å². The summed E-state index contributed by atoms with van der Waals surface area (Å²) in [7, 11) is 7.01. The van der Waals surface area contributed by atoms with Crippen LogP contribution in [0.15, 0.2) is 47.5 Å². The molecule has 2 N–H and O–H groups in total. The second-order valence-electron chi connectivity index (χ2n) is 7.65. The Bertz CT molecular complexity index is 849. The molecule has 0 saturated heterocycles. The monoisotopic (exact) mass is 570 g/mol. The van der Waals surface area contributed by atoms with Crippen molar-refractivity contribution < 1.29 is 14.2 Å². The van der Waals surface area contributed by atoms with Crippen molar-refractivity contribution in [2.45, 2.75) is 39.4 Å². The third kappa shape index (κ3) is 8.92. The van der Waals surface area contributed by atoms with Crippen LogP contribution >= 0.6 is 24.0 Å². The van der Waals surface area contributed by atoms with E-state index >= 15 is 0 Å². The van der Waals surface area contributed by atoms with Crippen molar-refractivity contribution in [3.05, 3.63) is 53.6 Å². The standard InChI is InChI=1S/C25H38N4O3.HI/c1-7-26-25(27-16-15-19(2)29(3)18-20-11-9-8-10-12-20)28-17-21-13-14-22(30-4)24(32-6)23(21)31-5;/h8-14,19H,7,15-18H2,1-6H3,(H2,26,27,28);1H. The van der Waals surface area contributed by atoms with Crippen molar-refractivity contribution in [1.82, 2.24) is 15.5 Å². The zero-order chi connectivity index (χ0) is 23.3. The number of methoxy groups -OCH3 is 3. The van der Waals surface area contributed by atoms with Gasteiger partial charge in [-0.2, -0.15) is 0 Å². The summed E-state index contributed by atoms with van der Waals surface area (Å²) in [6.07, 6.45) is 1.01. The van der Waals surface area contributed by atoms with E-state index in [1.165, 1.54) is 5.56 Å². The van der Waals surface area contributed by atoms with Crippen LogP contribution in [0.4, 0.5) is 0 Å². The van der Waals surface area contributed by atoms with Gasteiger partial charge in [0.25, 0.3) is 0 Å². The van der Waals surface area contributed by atoms with Gasteiger partial charge in [0.05, 0.1) is 27.9 Å². The summed E-state index contributed by atoms with van der Waals surface area (Å²) in [5.41, 5.74) is 2.26. The molecule has 0 spiro atoms. The molecule has 8 heteroatoms. The molecule has 2 aromatic carbocycles. The molecule has 0 bridgehead atoms. The Morgan fingerprint density at radius 3 is 2.27 bits per heavy atom. The van der Waals surface area contributed by atoms with Crippen LogP contribution in [-0.4, -0.2) is 58.4 Å². The molecule has 0 aromatic heterocycles. The van der Waals surface area contributed by atoms with Crippen molar-refractivity contribution >= 4 is 29.9 Å². The second kappa shape index (κ2) is 15.6. The Balaban J connectivity index is 0.00000544. The number of hydrogen-bond acceptors (Lipinski definition) is 5. The lowest BCUT2D eigenvalue weighted by atomic mass is 10.1. The first kappa shape index (κ1) is 28.8. The molecule has 0 aliphatic rings. The average Bonchev–Trinajstić information content (AvgIpc) is 2.82. The van der Waals surface area contributed by atoms with Crippen molar-refractivity contribution in [1.29, 1.82) is 0 Å². The molecule has 0 heterocycles. The second-order valence-corrected chi connectivity index (χ2v) is 7.65. The number of benzene rings is 2. The van der Waals surface area contributed by atoms with Gasteiger partial charge < -0.3 is 24.8 Å². The highest BCUT2D eigenvalue weighted by Gasteiger charge is 2.16. The Hall–Kier alpha value is -2.20. The van der Waals surface area contributed by atoms with Gasteiger partial charge in [-0.1, -0.05) is 30.3 Å². The van der Waals surface area contributed by atoms with Gasteiger partial charge in [0.2, 0.25) is 5.75 Å². The topological polar surface area (TPSA) is 67.4 Å². The summed E-state index contributed by atoms with van der Waals surface area (Å²) in [5.74, 6) is 2.64. The highest BCUT2D eigenvalue weighted by atomic mass is 127. The number of nitrogens with one attached hydrogen (secondary N) is 2. The molecule has 0 amide bonds. The maximum Gasteiger partial charge on any atom is 0.203 e. The number of aliphatic imine (C=N–C) groups is 1. The summed E-state index contributed by atoms with van der Waals surface area (Å²) in [5, 5.41) is 6.76. The lowest BCUT2D eigenvalue weighted by Crippen LogP contribution is -2.40. The van der Waals surface area contributed by atoms with E-state index in [0.29, 0.717) is 29.8 Å². The van der Waals surface area contributed by atoms with E-state index in [-0.39, 0.29) is 24.0 Å². The summed E-state index contributed by atoms with van der Waals surface area (Å²) < 4.78 is 16.4. The molecular weight excluding hydrogens is 531 g/mol. The maximum absolute atomic E-state index is 5.57. The molecular formula is C25H39IN4O3. The quantitative estimate of drug-likeness (QED) is 0.226. The van der Waals surface area contributed by atoms with Gasteiger partial charge in [-0.3, -0.25) is 4.90 Å². The van der Waals surface area contributed by atoms with E-state index in [9.17, 15) is 0 Å². The van der Waals surface area contributed by atoms with Gasteiger partial charge in [0, 0.05) is 31.2 Å². The molecule has 0 aliphatic carbocycles. The Labute approximate surface area is 215 Å². The molecule has 184 valence electrons. The maximum atomic E-state index is 5.57. The fourth-order valence-electron chi connectivity index (χ4n) is 3.44. The third-order valence-electron chi connectivity index (χ3n) is 5.42. The minimum absolute atomic E-state index is 0. The van der Waals surface area contributed by atoms with Crippen LogP contribution in [-0.2, 0) is 13.1 Å². The Kier molecular flexibility index (Phi) is 13.6. The Morgan fingerprint density at radius 1 is 0.970 bits per heavy atom. The van der Waals surface area contributed by atoms with Crippen LogP contribution in [0.5, 0.6) is 17.2 Å². The zero-order valence-corrected chi connectivity index (χ0v) is 23.0. The van der Waals surface area contributed by atoms with Crippen molar-refractivity contribution in [3.8, 4) is 17.2 Å². The SMILES string of the molecule is CCNC(=NCc1ccc(OC)c(OC)c1OC)NCCC(C)N(C)Cc1ccccc1.I. The molecule has 0 saturated carbocycles. The highest BCUT2D eigenvalue weighted by molar-refractivity contribution is 14.0. The number of rotatable bonds is 12. The van der Waals surface area contributed by atoms with E-state index in [1.807, 2.05) is 12.1 Å². The summed E-state index contributed by atoms with van der Waals surface area (Å²) in [6.45, 7) is 7.33. The van der Waals surface area contributed by atoms with Gasteiger partial charge in [0.15, 0.2) is 17.5 Å². The smallest absolute Gasteiger partial charge is 0.203 e. The molecule has 0 fully saturated rings. The summed E-state index contributed by atoms with van der Waals surface area (Å²) in [6, 6.07) is 14.8. The highest BCUT2D eigenvalue weighted by Crippen LogP contribution is 2.39. The van der Waals surface area contributed by atoms with Gasteiger partial charge in [-0.15, -0.1) is 24.0 Å². The van der Waals surface area contributed by atoms with E-state index in [2.05, 4.69) is 66.8 Å². The van der Waals surface area contributed by atoms with Crippen molar-refractivity contribution in [2.75, 3.05) is 41.5 Å². The minimum Gasteiger partial charge on any atom is -0.493 e. The largest absolute Gasteiger partial charge is 0.493 e. The predicted octanol–water partition coefficient (Wildman–Crippen LogP) is 4.30. The fourth-order valence-corrected chi connectivity index (χ4v) is 3.44.